The smallest absolute Gasteiger partial charge is 0.0555 e. The molecule has 0 radical (unpaired) electrons. The van der Waals surface area contributed by atoms with Crippen LogP contribution in [0.3, 0.4) is 0 Å². The molecule has 0 aliphatic carbocycles. The quantitative estimate of drug-likeness (QED) is 0.134. The van der Waals surface area contributed by atoms with Crippen molar-refractivity contribution >= 4 is 89.2 Å². The SMILES string of the molecule is C.CC/C=c1\c(=C/C=S)n(-c2cccc3sc4ccccc4c23)c2ccc(-c3ccccc3N(c3ccccc3)c3ccc(-c4cccc(-c5ccccc5)c4)cc3)cc12. The summed E-state index contributed by atoms with van der Waals surface area (Å²) < 4.78 is 4.99. The maximum absolute atomic E-state index is 5.54. The predicted octanol–water partition coefficient (Wildman–Crippen LogP) is 15.1. The lowest BCUT2D eigenvalue weighted by Gasteiger charge is -2.28. The minimum Gasteiger partial charge on any atom is -0.310 e. The zero-order valence-electron chi connectivity index (χ0n) is 32.6. The van der Waals surface area contributed by atoms with Crippen LogP contribution in [-0.4, -0.2) is 9.93 Å². The highest BCUT2D eigenvalue weighted by Crippen LogP contribution is 2.42. The monoisotopic (exact) mass is 808 g/mol. The number of anilines is 3. The van der Waals surface area contributed by atoms with Crippen LogP contribution in [0.25, 0.3) is 82.3 Å². The molecule has 0 saturated carbocycles. The van der Waals surface area contributed by atoms with Gasteiger partial charge in [0.1, 0.15) is 0 Å². The molecule has 290 valence electrons. The second kappa shape index (κ2) is 16.8. The molecular weight excluding hydrogens is 765 g/mol. The van der Waals surface area contributed by atoms with Crippen molar-refractivity contribution < 1.29 is 0 Å². The molecule has 10 aromatic rings. The van der Waals surface area contributed by atoms with Crippen LogP contribution in [-0.2, 0) is 0 Å². The van der Waals surface area contributed by atoms with Gasteiger partial charge in [0.25, 0.3) is 0 Å². The second-order valence-electron chi connectivity index (χ2n) is 14.7. The molecule has 0 bridgehead atoms. The molecule has 0 amide bonds. The van der Waals surface area contributed by atoms with Gasteiger partial charge in [-0.05, 0) is 107 Å². The van der Waals surface area contributed by atoms with Gasteiger partial charge < -0.3 is 9.47 Å². The number of aromatic nitrogens is 1. The molecule has 10 rings (SSSR count). The largest absolute Gasteiger partial charge is 0.310 e. The molecule has 0 spiro atoms. The lowest BCUT2D eigenvalue weighted by Crippen LogP contribution is -2.28. The fourth-order valence-corrected chi connectivity index (χ4v) is 9.84. The van der Waals surface area contributed by atoms with Crippen LogP contribution in [0.1, 0.15) is 20.8 Å². The maximum atomic E-state index is 5.54. The highest BCUT2D eigenvalue weighted by atomic mass is 32.1. The van der Waals surface area contributed by atoms with Crippen LogP contribution in [0.4, 0.5) is 17.1 Å². The Hall–Kier alpha value is -6.85. The minimum atomic E-state index is 0. The summed E-state index contributed by atoms with van der Waals surface area (Å²) in [6.07, 6.45) is 5.34. The Morgan fingerprint density at radius 2 is 1.17 bits per heavy atom. The normalized spacial score (nSPS) is 11.9. The molecule has 0 atom stereocenters. The molecule has 2 nitrogen and oxygen atoms in total. The van der Waals surface area contributed by atoms with E-state index in [4.69, 9.17) is 12.2 Å². The van der Waals surface area contributed by atoms with Crippen molar-refractivity contribution in [2.75, 3.05) is 4.90 Å². The fourth-order valence-electron chi connectivity index (χ4n) is 8.58. The third-order valence-corrected chi connectivity index (χ3v) is 12.5. The van der Waals surface area contributed by atoms with Crippen molar-refractivity contribution in [1.82, 2.24) is 4.57 Å². The Bertz CT molecular complexity index is 3270. The first-order valence-electron chi connectivity index (χ1n) is 20.1. The van der Waals surface area contributed by atoms with Crippen LogP contribution < -0.4 is 15.5 Å². The molecule has 8 aromatic carbocycles. The second-order valence-corrected chi connectivity index (χ2v) is 16.1. The van der Waals surface area contributed by atoms with E-state index in [0.717, 1.165) is 45.5 Å². The standard InChI is InChI=1S/C55H40N2S2.CH4/c1-2-15-46-48-37-42(30-33-50(48)57(51(46)34-35-58)52-25-14-27-54-55(52)47-23-10-12-26-53(47)59-54)45-22-9-11-24-49(45)56(43-20-7-4-8-21-43)44-31-28-39(29-32-44)41-19-13-18-40(36-41)38-16-5-3-6-17-38;/h3-37H,2H2,1H3;1H4/b46-15-,51-34+;. The van der Waals surface area contributed by atoms with E-state index in [2.05, 4.69) is 223 Å². The van der Waals surface area contributed by atoms with E-state index in [1.165, 1.54) is 58.7 Å². The summed E-state index contributed by atoms with van der Waals surface area (Å²) in [5, 5.41) is 7.81. The summed E-state index contributed by atoms with van der Waals surface area (Å²) in [6.45, 7) is 2.21. The highest BCUT2D eigenvalue weighted by Gasteiger charge is 2.20. The minimum absolute atomic E-state index is 0. The molecular formula is C56H44N2S2. The maximum Gasteiger partial charge on any atom is 0.0555 e. The third-order valence-electron chi connectivity index (χ3n) is 11.2. The first-order chi connectivity index (χ1) is 29.2. The Kier molecular flexibility index (Phi) is 10.8. The van der Waals surface area contributed by atoms with E-state index in [0.29, 0.717) is 0 Å². The number of hydrogen-bond acceptors (Lipinski definition) is 3. The molecule has 0 fully saturated rings. The summed E-state index contributed by atoms with van der Waals surface area (Å²) in [6, 6.07) is 70.2. The van der Waals surface area contributed by atoms with Gasteiger partial charge in [-0.1, -0.05) is 160 Å². The molecule has 0 aliphatic heterocycles. The lowest BCUT2D eigenvalue weighted by atomic mass is 9.98. The Morgan fingerprint density at radius 3 is 1.93 bits per heavy atom. The van der Waals surface area contributed by atoms with Crippen LogP contribution in [0.2, 0.25) is 0 Å². The number of hydrogen-bond donors (Lipinski definition) is 0. The number of thiocarbonyl (C=S) groups is 1. The van der Waals surface area contributed by atoms with Crippen molar-refractivity contribution in [1.29, 1.82) is 0 Å². The first kappa shape index (κ1) is 38.7. The van der Waals surface area contributed by atoms with E-state index in [9.17, 15) is 0 Å². The van der Waals surface area contributed by atoms with Crippen molar-refractivity contribution in [3.63, 3.8) is 0 Å². The van der Waals surface area contributed by atoms with E-state index in [1.807, 2.05) is 11.3 Å². The summed E-state index contributed by atoms with van der Waals surface area (Å²) >= 11 is 7.39. The lowest BCUT2D eigenvalue weighted by molar-refractivity contribution is 1.08. The fraction of sp³-hybridized carbons (Fsp3) is 0.0536. The molecule has 0 saturated heterocycles. The van der Waals surface area contributed by atoms with E-state index in [1.54, 1.807) is 5.37 Å². The molecule has 4 heteroatoms. The molecule has 0 N–H and O–H groups in total. The molecule has 60 heavy (non-hydrogen) atoms. The van der Waals surface area contributed by atoms with Crippen molar-refractivity contribution in [2.24, 2.45) is 0 Å². The Labute approximate surface area is 361 Å². The molecule has 0 unspecified atom stereocenters. The number of benzene rings is 8. The third kappa shape index (κ3) is 6.94. The van der Waals surface area contributed by atoms with Gasteiger partial charge in [-0.3, -0.25) is 0 Å². The van der Waals surface area contributed by atoms with Crippen molar-refractivity contribution in [2.45, 2.75) is 20.8 Å². The summed E-state index contributed by atoms with van der Waals surface area (Å²) in [7, 11) is 0. The van der Waals surface area contributed by atoms with Crippen LogP contribution in [0.5, 0.6) is 0 Å². The van der Waals surface area contributed by atoms with Gasteiger partial charge in [-0.25, -0.2) is 0 Å². The van der Waals surface area contributed by atoms with Crippen molar-refractivity contribution in [3.8, 4) is 39.1 Å². The van der Waals surface area contributed by atoms with Gasteiger partial charge in [0.15, 0.2) is 0 Å². The number of rotatable bonds is 9. The van der Waals surface area contributed by atoms with Crippen LogP contribution in [0.15, 0.2) is 194 Å². The van der Waals surface area contributed by atoms with Crippen LogP contribution in [0, 0.1) is 0 Å². The Morgan fingerprint density at radius 1 is 0.550 bits per heavy atom. The van der Waals surface area contributed by atoms with E-state index in [-0.39, 0.29) is 7.43 Å². The Balaban J connectivity index is 0.00000462. The first-order valence-corrected chi connectivity index (χ1v) is 21.4. The zero-order valence-corrected chi connectivity index (χ0v) is 34.3. The average Bonchev–Trinajstić information content (AvgIpc) is 3.83. The molecule has 2 aromatic heterocycles. The highest BCUT2D eigenvalue weighted by molar-refractivity contribution is 7.79. The van der Waals surface area contributed by atoms with Gasteiger partial charge in [-0.2, -0.15) is 0 Å². The van der Waals surface area contributed by atoms with Crippen molar-refractivity contribution in [3.05, 3.63) is 205 Å². The summed E-state index contributed by atoms with van der Waals surface area (Å²) in [4.78, 5) is 2.38. The predicted molar refractivity (Wildman–Crippen MR) is 266 cm³/mol. The summed E-state index contributed by atoms with van der Waals surface area (Å²) in [5.74, 6) is 0. The molecule has 0 aliphatic rings. The average molecular weight is 809 g/mol. The number of fused-ring (bicyclic) bond motifs is 4. The topological polar surface area (TPSA) is 8.17 Å². The number of nitrogens with zero attached hydrogens (tertiary/aromatic N) is 2. The van der Waals surface area contributed by atoms with Gasteiger partial charge in [0.05, 0.1) is 22.2 Å². The van der Waals surface area contributed by atoms with Gasteiger partial charge >= 0.3 is 0 Å². The van der Waals surface area contributed by atoms with Gasteiger partial charge in [-0.15, -0.1) is 11.3 Å². The summed E-state index contributed by atoms with van der Waals surface area (Å²) in [5.41, 5.74) is 12.7. The number of thiophene rings is 1. The van der Waals surface area contributed by atoms with Gasteiger partial charge in [0, 0.05) is 53.1 Å². The van der Waals surface area contributed by atoms with E-state index < -0.39 is 0 Å². The zero-order chi connectivity index (χ0) is 39.7. The number of para-hydroxylation sites is 2. The van der Waals surface area contributed by atoms with E-state index >= 15 is 0 Å². The van der Waals surface area contributed by atoms with Crippen LogP contribution >= 0.6 is 23.6 Å². The van der Waals surface area contributed by atoms with Gasteiger partial charge in [0.2, 0.25) is 0 Å². The molecule has 2 heterocycles.